The number of hydrogen-bond donors (Lipinski definition) is 8. The van der Waals surface area contributed by atoms with Crippen LogP contribution in [-0.4, -0.2) is 87.3 Å². The molecule has 0 aliphatic rings. The molecule has 0 aromatic rings. The van der Waals surface area contributed by atoms with Crippen molar-refractivity contribution in [2.45, 2.75) is 37.4 Å². The Kier molecular flexibility index (Phi) is 10.8. The highest BCUT2D eigenvalue weighted by molar-refractivity contribution is 5.94. The number of rotatable bonds is 13. The van der Waals surface area contributed by atoms with Gasteiger partial charge in [-0.2, -0.15) is 0 Å². The van der Waals surface area contributed by atoms with E-state index in [1.807, 2.05) is 16.0 Å². The van der Waals surface area contributed by atoms with Crippen LogP contribution in [0.3, 0.4) is 0 Å². The zero-order valence-corrected chi connectivity index (χ0v) is 14.6. The Morgan fingerprint density at radius 2 is 1.46 bits per heavy atom. The maximum absolute atomic E-state index is 12.1. The molecule has 0 aromatic carbocycles. The number of amides is 3. The van der Waals surface area contributed by atoms with Crippen molar-refractivity contribution in [3.63, 3.8) is 0 Å². The number of nitrogens with one attached hydrogen (secondary N) is 3. The van der Waals surface area contributed by atoms with Gasteiger partial charge >= 0.3 is 17.9 Å². The molecular formula is C14H22N4O10. The summed E-state index contributed by atoms with van der Waals surface area (Å²) in [4.78, 5) is 67.8. The van der Waals surface area contributed by atoms with Crippen molar-refractivity contribution in [1.82, 2.24) is 16.0 Å². The number of carboxylic acid groups (broad SMARTS) is 3. The van der Waals surface area contributed by atoms with Gasteiger partial charge < -0.3 is 42.1 Å². The van der Waals surface area contributed by atoms with Gasteiger partial charge in [0.2, 0.25) is 17.7 Å². The molecule has 158 valence electrons. The third kappa shape index (κ3) is 10.0. The third-order valence-corrected chi connectivity index (χ3v) is 3.25. The number of carbonyl (C=O) groups is 6. The Morgan fingerprint density at radius 3 is 1.93 bits per heavy atom. The zero-order chi connectivity index (χ0) is 21.9. The topological polar surface area (TPSA) is 245 Å². The van der Waals surface area contributed by atoms with E-state index in [0.29, 0.717) is 0 Å². The van der Waals surface area contributed by atoms with Crippen molar-refractivity contribution >= 4 is 35.6 Å². The molecule has 9 N–H and O–H groups in total. The van der Waals surface area contributed by atoms with Gasteiger partial charge in [-0.25, -0.2) is 4.79 Å². The lowest BCUT2D eigenvalue weighted by atomic mass is 10.1. The smallest absolute Gasteiger partial charge is 0.326 e. The Labute approximate surface area is 158 Å². The maximum Gasteiger partial charge on any atom is 0.326 e. The minimum absolute atomic E-state index is 0.459. The molecule has 3 unspecified atom stereocenters. The normalized spacial score (nSPS) is 13.5. The molecule has 0 spiro atoms. The van der Waals surface area contributed by atoms with E-state index in [-0.39, 0.29) is 0 Å². The van der Waals surface area contributed by atoms with Gasteiger partial charge in [0.1, 0.15) is 18.1 Å². The largest absolute Gasteiger partial charge is 0.481 e. The highest BCUT2D eigenvalue weighted by atomic mass is 16.4. The van der Waals surface area contributed by atoms with Crippen molar-refractivity contribution in [3.05, 3.63) is 0 Å². The molecule has 14 heteroatoms. The lowest BCUT2D eigenvalue weighted by Crippen LogP contribution is -2.54. The minimum atomic E-state index is -1.68. The molecule has 3 atom stereocenters. The summed E-state index contributed by atoms with van der Waals surface area (Å²) in [6.07, 6.45) is -1.92. The Bertz CT molecular complexity index is 623. The quantitative estimate of drug-likeness (QED) is 0.146. The van der Waals surface area contributed by atoms with Gasteiger partial charge in [0.25, 0.3) is 0 Å². The molecule has 28 heavy (non-hydrogen) atoms. The highest BCUT2D eigenvalue weighted by Gasteiger charge is 2.28. The van der Waals surface area contributed by atoms with Gasteiger partial charge in [-0.15, -0.1) is 0 Å². The van der Waals surface area contributed by atoms with E-state index in [2.05, 4.69) is 0 Å². The average molecular weight is 406 g/mol. The Morgan fingerprint density at radius 1 is 0.857 bits per heavy atom. The number of aliphatic carboxylic acids is 3. The van der Waals surface area contributed by atoms with Gasteiger partial charge in [-0.1, -0.05) is 0 Å². The third-order valence-electron chi connectivity index (χ3n) is 3.25. The molecule has 14 nitrogen and oxygen atoms in total. The molecule has 0 fully saturated rings. The summed E-state index contributed by atoms with van der Waals surface area (Å²) in [5, 5.41) is 41.2. The number of aliphatic hydroxyl groups excluding tert-OH is 1. The van der Waals surface area contributed by atoms with E-state index in [1.165, 1.54) is 0 Å². The first-order chi connectivity index (χ1) is 13.0. The monoisotopic (exact) mass is 406 g/mol. The summed E-state index contributed by atoms with van der Waals surface area (Å²) in [6.45, 7) is -1.36. The summed E-state index contributed by atoms with van der Waals surface area (Å²) in [7, 11) is 0. The van der Waals surface area contributed by atoms with Crippen LogP contribution in [-0.2, 0) is 28.8 Å². The Balaban J connectivity index is 4.94. The summed E-state index contributed by atoms with van der Waals surface area (Å²) >= 11 is 0. The summed E-state index contributed by atoms with van der Waals surface area (Å²) in [5.74, 6) is -7.32. The first-order valence-electron chi connectivity index (χ1n) is 7.88. The van der Waals surface area contributed by atoms with Gasteiger partial charge in [0.15, 0.2) is 0 Å². The maximum atomic E-state index is 12.1. The molecule has 0 bridgehead atoms. The van der Waals surface area contributed by atoms with E-state index in [0.717, 1.165) is 0 Å². The number of carboxylic acids is 3. The van der Waals surface area contributed by atoms with Gasteiger partial charge in [0, 0.05) is 6.42 Å². The second-order valence-corrected chi connectivity index (χ2v) is 5.56. The molecule has 0 aliphatic heterocycles. The van der Waals surface area contributed by atoms with E-state index in [1.54, 1.807) is 0 Å². The molecule has 0 radical (unpaired) electrons. The molecule has 0 aromatic heterocycles. The lowest BCUT2D eigenvalue weighted by Gasteiger charge is -2.20. The number of carbonyl (C=O) groups excluding carboxylic acids is 3. The SMILES string of the molecule is NC(CO)C(=O)NCC(=O)NC(CC(=O)O)C(=O)NC(CCC(=O)O)C(=O)O. The fourth-order valence-electron chi connectivity index (χ4n) is 1.81. The van der Waals surface area contributed by atoms with Crippen LogP contribution in [0.1, 0.15) is 19.3 Å². The molecule has 0 saturated carbocycles. The van der Waals surface area contributed by atoms with Crippen LogP contribution in [0.4, 0.5) is 0 Å². The molecule has 3 amide bonds. The van der Waals surface area contributed by atoms with Crippen molar-refractivity contribution in [2.24, 2.45) is 5.73 Å². The Hall–Kier alpha value is -3.26. The van der Waals surface area contributed by atoms with Crippen LogP contribution in [0.25, 0.3) is 0 Å². The minimum Gasteiger partial charge on any atom is -0.481 e. The number of hydrogen-bond acceptors (Lipinski definition) is 8. The van der Waals surface area contributed by atoms with E-state index in [4.69, 9.17) is 26.2 Å². The van der Waals surface area contributed by atoms with E-state index in [9.17, 15) is 28.8 Å². The van der Waals surface area contributed by atoms with E-state index >= 15 is 0 Å². The molecule has 0 saturated heterocycles. The first kappa shape index (κ1) is 24.7. The van der Waals surface area contributed by atoms with Crippen LogP contribution in [0.5, 0.6) is 0 Å². The van der Waals surface area contributed by atoms with Crippen LogP contribution in [0.2, 0.25) is 0 Å². The van der Waals surface area contributed by atoms with Crippen molar-refractivity contribution in [2.75, 3.05) is 13.2 Å². The lowest BCUT2D eigenvalue weighted by molar-refractivity contribution is -0.144. The van der Waals surface area contributed by atoms with Crippen molar-refractivity contribution < 1.29 is 49.2 Å². The predicted octanol–water partition coefficient (Wildman–Crippen LogP) is -4.18. The molecule has 0 rings (SSSR count). The first-order valence-corrected chi connectivity index (χ1v) is 7.88. The molecule has 0 heterocycles. The predicted molar refractivity (Wildman–Crippen MR) is 88.7 cm³/mol. The van der Waals surface area contributed by atoms with Crippen molar-refractivity contribution in [3.8, 4) is 0 Å². The summed E-state index contributed by atoms with van der Waals surface area (Å²) < 4.78 is 0. The number of aliphatic hydroxyl groups is 1. The van der Waals surface area contributed by atoms with E-state index < -0.39 is 86.2 Å². The van der Waals surface area contributed by atoms with Gasteiger partial charge in [-0.3, -0.25) is 24.0 Å². The van der Waals surface area contributed by atoms with Gasteiger partial charge in [-0.05, 0) is 6.42 Å². The van der Waals surface area contributed by atoms with Gasteiger partial charge in [0.05, 0.1) is 19.6 Å². The van der Waals surface area contributed by atoms with Crippen LogP contribution < -0.4 is 21.7 Å². The summed E-state index contributed by atoms with van der Waals surface area (Å²) in [6, 6.07) is -4.57. The second kappa shape index (κ2) is 12.2. The summed E-state index contributed by atoms with van der Waals surface area (Å²) in [5.41, 5.74) is 5.22. The molecular weight excluding hydrogens is 384 g/mol. The standard InChI is InChI=1S/C14H22N4O10/c15-6(5-19)12(25)16-4-9(20)17-8(3-11(23)24)13(26)18-7(14(27)28)1-2-10(21)22/h6-8,19H,1-5,15H2,(H,16,25)(H,17,20)(H,18,26)(H,21,22)(H,23,24)(H,27,28). The second-order valence-electron chi connectivity index (χ2n) is 5.56. The average Bonchev–Trinajstić information content (AvgIpc) is 2.60. The molecule has 0 aliphatic carbocycles. The zero-order valence-electron chi connectivity index (χ0n) is 14.6. The van der Waals surface area contributed by atoms with Crippen LogP contribution >= 0.6 is 0 Å². The number of nitrogens with two attached hydrogens (primary N) is 1. The van der Waals surface area contributed by atoms with Crippen molar-refractivity contribution in [1.29, 1.82) is 0 Å². The fraction of sp³-hybridized carbons (Fsp3) is 0.571. The van der Waals surface area contributed by atoms with Crippen LogP contribution in [0, 0.1) is 0 Å². The fourth-order valence-corrected chi connectivity index (χ4v) is 1.81. The highest BCUT2D eigenvalue weighted by Crippen LogP contribution is 2.01. The van der Waals surface area contributed by atoms with Crippen LogP contribution in [0.15, 0.2) is 0 Å².